The maximum absolute atomic E-state index is 11.7. The Labute approximate surface area is 113 Å². The zero-order valence-corrected chi connectivity index (χ0v) is 11.1. The normalized spacial score (nSPS) is 15.4. The number of nitrogens with one attached hydrogen (secondary N) is 1. The van der Waals surface area contributed by atoms with E-state index < -0.39 is 5.92 Å². The van der Waals surface area contributed by atoms with Crippen LogP contribution in [0.3, 0.4) is 0 Å². The summed E-state index contributed by atoms with van der Waals surface area (Å²) in [4.78, 5) is 11.7. The van der Waals surface area contributed by atoms with Gasteiger partial charge < -0.3 is 10.1 Å². The van der Waals surface area contributed by atoms with E-state index in [0.29, 0.717) is 12.6 Å². The number of hydrogen-bond acceptors (Lipinski definition) is 3. The number of hydrogen-bond donors (Lipinski definition) is 1. The van der Waals surface area contributed by atoms with Crippen molar-refractivity contribution in [1.82, 2.24) is 5.32 Å². The summed E-state index contributed by atoms with van der Waals surface area (Å²) in [6, 6.07) is 9.90. The van der Waals surface area contributed by atoms with Crippen LogP contribution in [0, 0.1) is 11.3 Å². The largest absolute Gasteiger partial charge is 0.494 e. The Bertz CT molecular complexity index is 472. The van der Waals surface area contributed by atoms with Crippen molar-refractivity contribution in [1.29, 1.82) is 5.26 Å². The van der Waals surface area contributed by atoms with Gasteiger partial charge in [0.15, 0.2) is 0 Å². The van der Waals surface area contributed by atoms with Gasteiger partial charge in [0, 0.05) is 12.5 Å². The van der Waals surface area contributed by atoms with E-state index >= 15 is 0 Å². The molecule has 0 heterocycles. The highest BCUT2D eigenvalue weighted by Crippen LogP contribution is 2.23. The first-order chi connectivity index (χ1) is 9.22. The van der Waals surface area contributed by atoms with E-state index in [2.05, 4.69) is 11.4 Å². The Kier molecular flexibility index (Phi) is 4.40. The smallest absolute Gasteiger partial charge is 0.221 e. The number of nitriles is 1. The van der Waals surface area contributed by atoms with Crippen LogP contribution in [0.25, 0.3) is 0 Å². The molecule has 2 rings (SSSR count). The summed E-state index contributed by atoms with van der Waals surface area (Å²) in [7, 11) is 0. The molecule has 0 bridgehead atoms. The van der Waals surface area contributed by atoms with Gasteiger partial charge >= 0.3 is 0 Å². The first-order valence-electron chi connectivity index (χ1n) is 6.64. The predicted molar refractivity (Wildman–Crippen MR) is 71.7 cm³/mol. The molecule has 0 aliphatic heterocycles. The molecular weight excluding hydrogens is 240 g/mol. The van der Waals surface area contributed by atoms with Gasteiger partial charge in [-0.2, -0.15) is 5.26 Å². The fourth-order valence-corrected chi connectivity index (χ4v) is 1.90. The molecule has 1 aliphatic carbocycles. The SMILES string of the molecule is CCOc1ccc(C(C#N)CC(=O)NC2CC2)cc1. The molecule has 1 N–H and O–H groups in total. The summed E-state index contributed by atoms with van der Waals surface area (Å²) in [5.74, 6) is 0.350. The molecule has 1 saturated carbocycles. The van der Waals surface area contributed by atoms with Crippen molar-refractivity contribution >= 4 is 5.91 Å². The van der Waals surface area contributed by atoms with E-state index in [1.165, 1.54) is 0 Å². The van der Waals surface area contributed by atoms with E-state index in [1.807, 2.05) is 31.2 Å². The Morgan fingerprint density at radius 1 is 1.47 bits per heavy atom. The number of carbonyl (C=O) groups excluding carboxylic acids is 1. The van der Waals surface area contributed by atoms with Crippen molar-refractivity contribution < 1.29 is 9.53 Å². The monoisotopic (exact) mass is 258 g/mol. The lowest BCUT2D eigenvalue weighted by molar-refractivity contribution is -0.121. The third-order valence-electron chi connectivity index (χ3n) is 3.08. The van der Waals surface area contributed by atoms with Gasteiger partial charge in [0.1, 0.15) is 5.75 Å². The van der Waals surface area contributed by atoms with Crippen molar-refractivity contribution in [3.8, 4) is 11.8 Å². The molecule has 4 heteroatoms. The zero-order chi connectivity index (χ0) is 13.7. The number of ether oxygens (including phenoxy) is 1. The molecule has 0 radical (unpaired) electrons. The quantitative estimate of drug-likeness (QED) is 0.852. The molecule has 1 aromatic carbocycles. The third-order valence-corrected chi connectivity index (χ3v) is 3.08. The van der Waals surface area contributed by atoms with Crippen molar-refractivity contribution in [2.24, 2.45) is 0 Å². The van der Waals surface area contributed by atoms with Gasteiger partial charge in [0.2, 0.25) is 5.91 Å². The van der Waals surface area contributed by atoms with Crippen LogP contribution in [0.4, 0.5) is 0 Å². The second-order valence-corrected chi connectivity index (χ2v) is 4.73. The van der Waals surface area contributed by atoms with Gasteiger partial charge in [-0.05, 0) is 37.5 Å². The van der Waals surface area contributed by atoms with Crippen molar-refractivity contribution in [3.05, 3.63) is 29.8 Å². The summed E-state index contributed by atoms with van der Waals surface area (Å²) >= 11 is 0. The van der Waals surface area contributed by atoms with Crippen LogP contribution in [0.5, 0.6) is 5.75 Å². The Balaban J connectivity index is 1.95. The highest BCUT2D eigenvalue weighted by molar-refractivity contribution is 5.78. The van der Waals surface area contributed by atoms with Gasteiger partial charge in [0.05, 0.1) is 18.6 Å². The molecule has 1 aromatic rings. The fourth-order valence-electron chi connectivity index (χ4n) is 1.90. The van der Waals surface area contributed by atoms with Gasteiger partial charge in [-0.1, -0.05) is 12.1 Å². The van der Waals surface area contributed by atoms with E-state index in [-0.39, 0.29) is 12.3 Å². The van der Waals surface area contributed by atoms with Crippen molar-refractivity contribution in [2.75, 3.05) is 6.61 Å². The molecule has 0 spiro atoms. The summed E-state index contributed by atoms with van der Waals surface area (Å²) in [5, 5.41) is 12.1. The highest BCUT2D eigenvalue weighted by Gasteiger charge is 2.25. The van der Waals surface area contributed by atoms with E-state index in [1.54, 1.807) is 0 Å². The molecule has 1 amide bonds. The number of carbonyl (C=O) groups is 1. The van der Waals surface area contributed by atoms with E-state index in [9.17, 15) is 10.1 Å². The molecule has 0 saturated heterocycles. The average molecular weight is 258 g/mol. The third kappa shape index (κ3) is 3.99. The molecule has 1 unspecified atom stereocenters. The van der Waals surface area contributed by atoms with Gasteiger partial charge in [-0.25, -0.2) is 0 Å². The standard InChI is InChI=1S/C15H18N2O2/c1-2-19-14-7-3-11(4-8-14)12(10-16)9-15(18)17-13-5-6-13/h3-4,7-8,12-13H,2,5-6,9H2,1H3,(H,17,18). The molecular formula is C15H18N2O2. The fraction of sp³-hybridized carbons (Fsp3) is 0.467. The van der Waals surface area contributed by atoms with Crippen molar-refractivity contribution in [2.45, 2.75) is 38.1 Å². The topological polar surface area (TPSA) is 62.1 Å². The number of amides is 1. The lowest BCUT2D eigenvalue weighted by Crippen LogP contribution is -2.26. The second-order valence-electron chi connectivity index (χ2n) is 4.73. The summed E-state index contributed by atoms with van der Waals surface area (Å²) in [6.45, 7) is 2.54. The second kappa shape index (κ2) is 6.24. The molecule has 0 aromatic heterocycles. The van der Waals surface area contributed by atoms with E-state index in [0.717, 1.165) is 24.2 Å². The van der Waals surface area contributed by atoms with Crippen molar-refractivity contribution in [3.63, 3.8) is 0 Å². The minimum Gasteiger partial charge on any atom is -0.494 e. The highest BCUT2D eigenvalue weighted by atomic mass is 16.5. The maximum atomic E-state index is 11.7. The van der Waals surface area contributed by atoms with Crippen LogP contribution in [0.1, 0.15) is 37.7 Å². The Morgan fingerprint density at radius 2 is 2.16 bits per heavy atom. The number of benzene rings is 1. The van der Waals surface area contributed by atoms with Gasteiger partial charge in [0.25, 0.3) is 0 Å². The summed E-state index contributed by atoms with van der Waals surface area (Å²) < 4.78 is 5.35. The minimum absolute atomic E-state index is 0.0389. The van der Waals surface area contributed by atoms with Gasteiger partial charge in [-0.3, -0.25) is 4.79 Å². The maximum Gasteiger partial charge on any atom is 0.221 e. The molecule has 1 atom stereocenters. The number of nitrogens with zero attached hydrogens (tertiary/aromatic N) is 1. The average Bonchev–Trinajstić information content (AvgIpc) is 3.21. The molecule has 1 aliphatic rings. The van der Waals surface area contributed by atoms with Crippen LogP contribution in [0.15, 0.2) is 24.3 Å². The Morgan fingerprint density at radius 3 is 2.68 bits per heavy atom. The Hall–Kier alpha value is -2.02. The first-order valence-corrected chi connectivity index (χ1v) is 6.64. The van der Waals surface area contributed by atoms with Crippen LogP contribution >= 0.6 is 0 Å². The van der Waals surface area contributed by atoms with Crippen LogP contribution in [-0.4, -0.2) is 18.6 Å². The lowest BCUT2D eigenvalue weighted by atomic mass is 9.97. The summed E-state index contributed by atoms with van der Waals surface area (Å²) in [6.07, 6.45) is 2.35. The molecule has 1 fully saturated rings. The molecule has 100 valence electrons. The minimum atomic E-state index is -0.394. The molecule has 19 heavy (non-hydrogen) atoms. The molecule has 4 nitrogen and oxygen atoms in total. The van der Waals surface area contributed by atoms with Gasteiger partial charge in [-0.15, -0.1) is 0 Å². The van der Waals surface area contributed by atoms with Crippen LogP contribution in [0.2, 0.25) is 0 Å². The van der Waals surface area contributed by atoms with Crippen LogP contribution in [-0.2, 0) is 4.79 Å². The zero-order valence-electron chi connectivity index (χ0n) is 11.1. The van der Waals surface area contributed by atoms with Crippen LogP contribution < -0.4 is 10.1 Å². The lowest BCUT2D eigenvalue weighted by Gasteiger charge is -2.10. The number of rotatable bonds is 6. The van der Waals surface area contributed by atoms with E-state index in [4.69, 9.17) is 4.74 Å². The summed E-state index contributed by atoms with van der Waals surface area (Å²) in [5.41, 5.74) is 0.858. The predicted octanol–water partition coefficient (Wildman–Crippen LogP) is 2.36. The first kappa shape index (κ1) is 13.4.